The number of nitrogens with zero attached hydrogens (tertiary/aromatic N) is 3. The first kappa shape index (κ1) is 17.3. The lowest BCUT2D eigenvalue weighted by molar-refractivity contribution is 0.0706. The van der Waals surface area contributed by atoms with E-state index in [-0.39, 0.29) is 17.6 Å². The van der Waals surface area contributed by atoms with Gasteiger partial charge < -0.3 is 4.90 Å². The van der Waals surface area contributed by atoms with Crippen molar-refractivity contribution in [3.63, 3.8) is 0 Å². The molecule has 3 heterocycles. The zero-order valence-electron chi connectivity index (χ0n) is 14.9. The summed E-state index contributed by atoms with van der Waals surface area (Å²) in [7, 11) is 0. The van der Waals surface area contributed by atoms with Gasteiger partial charge in [-0.15, -0.1) is 0 Å². The van der Waals surface area contributed by atoms with Crippen molar-refractivity contribution in [3.8, 4) is 11.3 Å². The van der Waals surface area contributed by atoms with E-state index in [4.69, 9.17) is 4.98 Å². The summed E-state index contributed by atoms with van der Waals surface area (Å²) in [4.78, 5) is 23.4. The second-order valence-corrected chi connectivity index (χ2v) is 6.78. The Bertz CT molecular complexity index is 945. The molecule has 0 radical (unpaired) electrons. The molecule has 0 spiro atoms. The van der Waals surface area contributed by atoms with E-state index in [0.717, 1.165) is 36.3 Å². The molecule has 5 heteroatoms. The van der Waals surface area contributed by atoms with Gasteiger partial charge in [-0.3, -0.25) is 14.8 Å². The Hall–Kier alpha value is -3.08. The fraction of sp³-hybridized carbons (Fsp3) is 0.227. The lowest BCUT2D eigenvalue weighted by Gasteiger charge is -2.32. The third-order valence-corrected chi connectivity index (χ3v) is 4.95. The highest BCUT2D eigenvalue weighted by molar-refractivity contribution is 5.94. The quantitative estimate of drug-likeness (QED) is 0.699. The molecule has 1 amide bonds. The highest BCUT2D eigenvalue weighted by Gasteiger charge is 2.26. The van der Waals surface area contributed by atoms with Crippen LogP contribution in [0.1, 0.15) is 34.8 Å². The standard InChI is InChI=1S/C22H20FN3O/c23-19-6-1-4-17(14-19)20-7-2-8-21(25-20)18-5-3-13-26(15-18)22(27)16-9-11-24-12-10-16/h1-2,4,6-12,14,18H,3,5,13,15H2/t18-/m1/s1. The molecule has 4 nitrogen and oxygen atoms in total. The first-order valence-electron chi connectivity index (χ1n) is 9.13. The predicted octanol–water partition coefficient (Wildman–Crippen LogP) is 4.30. The minimum atomic E-state index is -0.272. The van der Waals surface area contributed by atoms with Gasteiger partial charge in [0.15, 0.2) is 0 Å². The van der Waals surface area contributed by atoms with Gasteiger partial charge in [-0.05, 0) is 49.2 Å². The van der Waals surface area contributed by atoms with Crippen molar-refractivity contribution in [2.75, 3.05) is 13.1 Å². The van der Waals surface area contributed by atoms with Crippen molar-refractivity contribution < 1.29 is 9.18 Å². The number of hydrogen-bond acceptors (Lipinski definition) is 3. The molecule has 1 aromatic carbocycles. The van der Waals surface area contributed by atoms with Crippen LogP contribution in [0, 0.1) is 5.82 Å². The first-order chi connectivity index (χ1) is 13.2. The van der Waals surface area contributed by atoms with Crippen LogP contribution in [0.25, 0.3) is 11.3 Å². The van der Waals surface area contributed by atoms with Gasteiger partial charge in [-0.2, -0.15) is 0 Å². The number of aromatic nitrogens is 2. The van der Waals surface area contributed by atoms with Gasteiger partial charge in [0.05, 0.1) is 5.69 Å². The van der Waals surface area contributed by atoms with E-state index in [2.05, 4.69) is 4.98 Å². The number of pyridine rings is 2. The number of likely N-dealkylation sites (tertiary alicyclic amines) is 1. The van der Waals surface area contributed by atoms with Crippen molar-refractivity contribution in [2.24, 2.45) is 0 Å². The average molecular weight is 361 g/mol. The molecule has 0 saturated carbocycles. The Morgan fingerprint density at radius 3 is 2.70 bits per heavy atom. The topological polar surface area (TPSA) is 46.1 Å². The summed E-state index contributed by atoms with van der Waals surface area (Å²) in [5.41, 5.74) is 3.12. The fourth-order valence-electron chi connectivity index (χ4n) is 3.57. The van der Waals surface area contributed by atoms with E-state index >= 15 is 0 Å². The summed E-state index contributed by atoms with van der Waals surface area (Å²) in [5, 5.41) is 0. The van der Waals surface area contributed by atoms with E-state index in [1.54, 1.807) is 30.6 Å². The van der Waals surface area contributed by atoms with Crippen molar-refractivity contribution in [3.05, 3.63) is 84.1 Å². The third kappa shape index (κ3) is 3.87. The van der Waals surface area contributed by atoms with Crippen LogP contribution < -0.4 is 0 Å². The SMILES string of the molecule is O=C(c1ccncc1)N1CCC[C@@H](c2cccc(-c3cccc(F)c3)n2)C1. The Labute approximate surface area is 157 Å². The van der Waals surface area contributed by atoms with Gasteiger partial charge >= 0.3 is 0 Å². The molecule has 1 atom stereocenters. The molecule has 2 aromatic heterocycles. The van der Waals surface area contributed by atoms with Crippen LogP contribution in [-0.4, -0.2) is 33.9 Å². The molecule has 0 bridgehead atoms. The smallest absolute Gasteiger partial charge is 0.253 e. The predicted molar refractivity (Wildman–Crippen MR) is 102 cm³/mol. The van der Waals surface area contributed by atoms with Crippen LogP contribution in [-0.2, 0) is 0 Å². The summed E-state index contributed by atoms with van der Waals surface area (Å²) in [6, 6.07) is 15.8. The summed E-state index contributed by atoms with van der Waals surface area (Å²) < 4.78 is 13.5. The van der Waals surface area contributed by atoms with E-state index in [9.17, 15) is 9.18 Å². The molecule has 1 fully saturated rings. The highest BCUT2D eigenvalue weighted by atomic mass is 19.1. The zero-order valence-corrected chi connectivity index (χ0v) is 14.9. The number of rotatable bonds is 3. The average Bonchev–Trinajstić information content (AvgIpc) is 2.74. The van der Waals surface area contributed by atoms with Crippen molar-refractivity contribution in [1.82, 2.24) is 14.9 Å². The maximum atomic E-state index is 13.5. The maximum Gasteiger partial charge on any atom is 0.253 e. The van der Waals surface area contributed by atoms with Crippen LogP contribution in [0.2, 0.25) is 0 Å². The molecular weight excluding hydrogens is 341 g/mol. The number of benzene rings is 1. The van der Waals surface area contributed by atoms with Crippen LogP contribution in [0.15, 0.2) is 67.0 Å². The minimum Gasteiger partial charge on any atom is -0.338 e. The normalized spacial score (nSPS) is 16.9. The molecular formula is C22H20FN3O. The molecule has 0 aliphatic carbocycles. The molecule has 0 N–H and O–H groups in total. The number of halogens is 1. The molecule has 4 rings (SSSR count). The van der Waals surface area contributed by atoms with Gasteiger partial charge in [0.2, 0.25) is 0 Å². The summed E-state index contributed by atoms with van der Waals surface area (Å²) >= 11 is 0. The third-order valence-electron chi connectivity index (χ3n) is 4.95. The Balaban J connectivity index is 1.55. The Morgan fingerprint density at radius 1 is 1.07 bits per heavy atom. The lowest BCUT2D eigenvalue weighted by atomic mass is 9.93. The van der Waals surface area contributed by atoms with Crippen LogP contribution in [0.3, 0.4) is 0 Å². The zero-order chi connectivity index (χ0) is 18.6. The van der Waals surface area contributed by atoms with Crippen molar-refractivity contribution in [2.45, 2.75) is 18.8 Å². The minimum absolute atomic E-state index is 0.0309. The largest absolute Gasteiger partial charge is 0.338 e. The Morgan fingerprint density at radius 2 is 1.89 bits per heavy atom. The molecule has 136 valence electrons. The van der Waals surface area contributed by atoms with E-state index in [1.165, 1.54) is 12.1 Å². The van der Waals surface area contributed by atoms with E-state index in [1.807, 2.05) is 29.2 Å². The van der Waals surface area contributed by atoms with Crippen molar-refractivity contribution >= 4 is 5.91 Å². The van der Waals surface area contributed by atoms with E-state index < -0.39 is 0 Å². The lowest BCUT2D eigenvalue weighted by Crippen LogP contribution is -2.39. The molecule has 0 unspecified atom stereocenters. The number of carbonyl (C=O) groups is 1. The molecule has 3 aromatic rings. The van der Waals surface area contributed by atoms with Gasteiger partial charge in [0.25, 0.3) is 5.91 Å². The summed E-state index contributed by atoms with van der Waals surface area (Å²) in [6.45, 7) is 1.39. The van der Waals surface area contributed by atoms with Gasteiger partial charge in [-0.1, -0.05) is 18.2 Å². The number of hydrogen-bond donors (Lipinski definition) is 0. The molecule has 1 aliphatic heterocycles. The number of piperidine rings is 1. The highest BCUT2D eigenvalue weighted by Crippen LogP contribution is 2.28. The van der Waals surface area contributed by atoms with Crippen LogP contribution >= 0.6 is 0 Å². The van der Waals surface area contributed by atoms with Gasteiger partial charge in [0, 0.05) is 48.2 Å². The first-order valence-corrected chi connectivity index (χ1v) is 9.13. The fourth-order valence-corrected chi connectivity index (χ4v) is 3.57. The summed E-state index contributed by atoms with van der Waals surface area (Å²) in [6.07, 6.45) is 5.20. The second kappa shape index (κ2) is 7.66. The van der Waals surface area contributed by atoms with Crippen LogP contribution in [0.5, 0.6) is 0 Å². The number of carbonyl (C=O) groups excluding carboxylic acids is 1. The molecule has 27 heavy (non-hydrogen) atoms. The van der Waals surface area contributed by atoms with Crippen LogP contribution in [0.4, 0.5) is 4.39 Å². The van der Waals surface area contributed by atoms with Crippen molar-refractivity contribution in [1.29, 1.82) is 0 Å². The number of amides is 1. The molecule has 1 saturated heterocycles. The Kier molecular flexibility index (Phi) is 4.92. The summed E-state index contributed by atoms with van der Waals surface area (Å²) in [5.74, 6) is -0.0621. The molecule has 1 aliphatic rings. The maximum absolute atomic E-state index is 13.5. The second-order valence-electron chi connectivity index (χ2n) is 6.78. The van der Waals surface area contributed by atoms with E-state index in [0.29, 0.717) is 12.1 Å². The monoisotopic (exact) mass is 361 g/mol. The van der Waals surface area contributed by atoms with Gasteiger partial charge in [0.1, 0.15) is 5.82 Å². The van der Waals surface area contributed by atoms with Gasteiger partial charge in [-0.25, -0.2) is 4.39 Å².